The van der Waals surface area contributed by atoms with Gasteiger partial charge in [0.05, 0.1) is 35.2 Å². The SMILES string of the molecule is CCC1=C([C@H](O)CC/C(C)=C/c2ccc(CO)o2)[C@H](CO)[C@@H]2C(=O)N(c3cccc([N+](=O)[O-])c3)C(=O)[C@@H]2C1. The average molecular weight is 525 g/mol. The molecule has 3 N–H and O–H groups in total. The van der Waals surface area contributed by atoms with Crippen molar-refractivity contribution in [3.8, 4) is 0 Å². The summed E-state index contributed by atoms with van der Waals surface area (Å²) in [5, 5.41) is 42.0. The van der Waals surface area contributed by atoms with Gasteiger partial charge in [-0.05, 0) is 62.5 Å². The highest BCUT2D eigenvalue weighted by molar-refractivity contribution is 6.22. The quantitative estimate of drug-likeness (QED) is 0.184. The van der Waals surface area contributed by atoms with Gasteiger partial charge in [-0.2, -0.15) is 0 Å². The number of imide groups is 1. The number of hydrogen-bond donors (Lipinski definition) is 3. The molecule has 38 heavy (non-hydrogen) atoms. The first-order valence-electron chi connectivity index (χ1n) is 12.7. The second-order valence-electron chi connectivity index (χ2n) is 9.83. The molecule has 0 saturated carbocycles. The minimum atomic E-state index is -0.925. The molecule has 2 heterocycles. The van der Waals surface area contributed by atoms with E-state index in [9.17, 15) is 29.9 Å². The Bertz CT molecular complexity index is 1290. The van der Waals surface area contributed by atoms with Gasteiger partial charge in [-0.15, -0.1) is 0 Å². The van der Waals surface area contributed by atoms with Crippen molar-refractivity contribution < 1.29 is 34.2 Å². The molecule has 202 valence electrons. The topological polar surface area (TPSA) is 154 Å². The molecule has 10 heteroatoms. The maximum absolute atomic E-state index is 13.5. The number of rotatable bonds is 10. The Morgan fingerprint density at radius 1 is 1.24 bits per heavy atom. The molecule has 2 aromatic rings. The van der Waals surface area contributed by atoms with Crippen molar-refractivity contribution in [3.63, 3.8) is 0 Å². The predicted molar refractivity (Wildman–Crippen MR) is 139 cm³/mol. The van der Waals surface area contributed by atoms with E-state index in [0.29, 0.717) is 36.4 Å². The van der Waals surface area contributed by atoms with Gasteiger partial charge in [0.25, 0.3) is 5.69 Å². The van der Waals surface area contributed by atoms with E-state index >= 15 is 0 Å². The van der Waals surface area contributed by atoms with Crippen LogP contribution in [0.2, 0.25) is 0 Å². The lowest BCUT2D eigenvalue weighted by molar-refractivity contribution is -0.384. The second-order valence-corrected chi connectivity index (χ2v) is 9.83. The molecular weight excluding hydrogens is 492 g/mol. The van der Waals surface area contributed by atoms with E-state index in [1.54, 1.807) is 12.1 Å². The van der Waals surface area contributed by atoms with Crippen molar-refractivity contribution in [3.05, 3.63) is 74.8 Å². The summed E-state index contributed by atoms with van der Waals surface area (Å²) in [6, 6.07) is 8.83. The first-order chi connectivity index (χ1) is 18.2. The fourth-order valence-electron chi connectivity index (χ4n) is 5.69. The minimum Gasteiger partial charge on any atom is -0.459 e. The Labute approximate surface area is 220 Å². The third kappa shape index (κ3) is 5.20. The van der Waals surface area contributed by atoms with E-state index in [1.807, 2.05) is 19.9 Å². The Kier molecular flexibility index (Phi) is 8.25. The highest BCUT2D eigenvalue weighted by Crippen LogP contribution is 2.48. The van der Waals surface area contributed by atoms with E-state index < -0.39 is 47.2 Å². The van der Waals surface area contributed by atoms with Crippen LogP contribution in [0.4, 0.5) is 11.4 Å². The standard InChI is InChI=1S/C28H32N2O8/c1-3-17-12-22-26(28(35)29(27(22)34)18-5-4-6-19(13-18)30(36)37)23(15-32)25(17)24(33)10-7-16(2)11-20-8-9-21(14-31)38-20/h4-6,8-9,11,13,22-24,26,31-33H,3,7,10,12,14-15H2,1-2H3/b16-11+/t22-,23+,24-,26-/m1/s1. The highest BCUT2D eigenvalue weighted by Gasteiger charge is 2.55. The Hall–Kier alpha value is -3.60. The smallest absolute Gasteiger partial charge is 0.271 e. The number of hydrogen-bond acceptors (Lipinski definition) is 8. The van der Waals surface area contributed by atoms with Gasteiger partial charge in [0.1, 0.15) is 18.1 Å². The zero-order chi connectivity index (χ0) is 27.6. The van der Waals surface area contributed by atoms with Crippen LogP contribution in [0.25, 0.3) is 6.08 Å². The lowest BCUT2D eigenvalue weighted by Gasteiger charge is -2.36. The molecule has 1 aromatic heterocycles. The number of allylic oxidation sites excluding steroid dienone is 2. The van der Waals surface area contributed by atoms with Crippen LogP contribution in [0.15, 0.2) is 57.5 Å². The Balaban J connectivity index is 1.57. The van der Waals surface area contributed by atoms with Gasteiger partial charge in [-0.1, -0.05) is 24.1 Å². The van der Waals surface area contributed by atoms with Gasteiger partial charge in [-0.25, -0.2) is 4.90 Å². The van der Waals surface area contributed by atoms with Gasteiger partial charge in [-0.3, -0.25) is 19.7 Å². The van der Waals surface area contributed by atoms with Crippen LogP contribution in [0.3, 0.4) is 0 Å². The van der Waals surface area contributed by atoms with E-state index in [4.69, 9.17) is 9.52 Å². The summed E-state index contributed by atoms with van der Waals surface area (Å²) in [7, 11) is 0. The van der Waals surface area contributed by atoms with Crippen LogP contribution < -0.4 is 4.90 Å². The fourth-order valence-corrected chi connectivity index (χ4v) is 5.69. The van der Waals surface area contributed by atoms with Gasteiger partial charge in [0.15, 0.2) is 0 Å². The molecule has 2 aliphatic rings. The molecule has 4 rings (SSSR count). The number of nitro groups is 1. The minimum absolute atomic E-state index is 0.128. The van der Waals surface area contributed by atoms with E-state index in [-0.39, 0.29) is 24.4 Å². The van der Waals surface area contributed by atoms with Crippen LogP contribution in [-0.2, 0) is 16.2 Å². The van der Waals surface area contributed by atoms with Gasteiger partial charge >= 0.3 is 0 Å². The second kappa shape index (κ2) is 11.4. The number of benzene rings is 1. The molecular formula is C28H32N2O8. The number of aliphatic hydroxyl groups is 3. The van der Waals surface area contributed by atoms with Crippen molar-refractivity contribution in [2.45, 2.75) is 52.2 Å². The molecule has 0 bridgehead atoms. The number of non-ortho nitro benzene ring substituents is 1. The van der Waals surface area contributed by atoms with Crippen LogP contribution in [0.5, 0.6) is 0 Å². The average Bonchev–Trinajstić information content (AvgIpc) is 3.47. The number of carbonyl (C=O) groups excluding carboxylic acids is 2. The monoisotopic (exact) mass is 524 g/mol. The lowest BCUT2D eigenvalue weighted by Crippen LogP contribution is -2.39. The van der Waals surface area contributed by atoms with Crippen molar-refractivity contribution in [1.29, 1.82) is 0 Å². The highest BCUT2D eigenvalue weighted by atomic mass is 16.6. The number of nitrogens with zero attached hydrogens (tertiary/aromatic N) is 2. The summed E-state index contributed by atoms with van der Waals surface area (Å²) in [5.41, 5.74) is 2.29. The fraction of sp³-hybridized carbons (Fsp3) is 0.429. The predicted octanol–water partition coefficient (Wildman–Crippen LogP) is 3.75. The van der Waals surface area contributed by atoms with Crippen LogP contribution in [0.1, 0.15) is 51.1 Å². The molecule has 1 saturated heterocycles. The molecule has 1 fully saturated rings. The normalized spacial score (nSPS) is 22.7. The molecule has 0 radical (unpaired) electrons. The number of anilines is 1. The first-order valence-corrected chi connectivity index (χ1v) is 12.7. The van der Waals surface area contributed by atoms with Crippen LogP contribution >= 0.6 is 0 Å². The number of furan rings is 1. The molecule has 10 nitrogen and oxygen atoms in total. The van der Waals surface area contributed by atoms with Crippen LogP contribution in [-0.4, -0.2) is 44.8 Å². The summed E-state index contributed by atoms with van der Waals surface area (Å²) in [5.74, 6) is -2.21. The zero-order valence-electron chi connectivity index (χ0n) is 21.4. The summed E-state index contributed by atoms with van der Waals surface area (Å²) >= 11 is 0. The summed E-state index contributed by atoms with van der Waals surface area (Å²) in [4.78, 5) is 38.6. The number of fused-ring (bicyclic) bond motifs is 1. The van der Waals surface area contributed by atoms with Crippen molar-refractivity contribution in [2.75, 3.05) is 11.5 Å². The number of carbonyl (C=O) groups is 2. The largest absolute Gasteiger partial charge is 0.459 e. The van der Waals surface area contributed by atoms with Crippen molar-refractivity contribution in [1.82, 2.24) is 0 Å². The molecule has 4 atom stereocenters. The molecule has 0 unspecified atom stereocenters. The molecule has 2 amide bonds. The number of nitro benzene ring substituents is 1. The van der Waals surface area contributed by atoms with E-state index in [1.165, 1.54) is 24.3 Å². The molecule has 1 aliphatic carbocycles. The Morgan fingerprint density at radius 2 is 2.00 bits per heavy atom. The van der Waals surface area contributed by atoms with Gasteiger partial charge in [0.2, 0.25) is 11.8 Å². The molecule has 1 aliphatic heterocycles. The maximum Gasteiger partial charge on any atom is 0.271 e. The molecule has 0 spiro atoms. The van der Waals surface area contributed by atoms with Gasteiger partial charge < -0.3 is 19.7 Å². The number of aliphatic hydroxyl groups excluding tert-OH is 3. The zero-order valence-corrected chi connectivity index (χ0v) is 21.4. The third-order valence-electron chi connectivity index (χ3n) is 7.50. The molecule has 1 aromatic carbocycles. The van der Waals surface area contributed by atoms with Gasteiger partial charge in [0, 0.05) is 18.1 Å². The van der Waals surface area contributed by atoms with E-state index in [2.05, 4.69) is 0 Å². The number of amides is 2. The summed E-state index contributed by atoms with van der Waals surface area (Å²) < 4.78 is 5.49. The summed E-state index contributed by atoms with van der Waals surface area (Å²) in [6.07, 6.45) is 2.61. The van der Waals surface area contributed by atoms with Crippen LogP contribution in [0, 0.1) is 27.9 Å². The third-order valence-corrected chi connectivity index (χ3v) is 7.50. The Morgan fingerprint density at radius 3 is 2.63 bits per heavy atom. The van der Waals surface area contributed by atoms with E-state index in [0.717, 1.165) is 16.0 Å². The lowest BCUT2D eigenvalue weighted by atomic mass is 9.67. The van der Waals surface area contributed by atoms with Crippen molar-refractivity contribution >= 4 is 29.3 Å². The summed E-state index contributed by atoms with van der Waals surface area (Å²) in [6.45, 7) is 3.21. The first kappa shape index (κ1) is 27.4. The van der Waals surface area contributed by atoms with Crippen molar-refractivity contribution in [2.24, 2.45) is 17.8 Å². The maximum atomic E-state index is 13.5.